The van der Waals surface area contributed by atoms with Crippen molar-refractivity contribution in [2.24, 2.45) is 0 Å². The molecule has 142 valence electrons. The highest BCUT2D eigenvalue weighted by Gasteiger charge is 2.18. The molecule has 1 aliphatic heterocycles. The lowest BCUT2D eigenvalue weighted by Crippen LogP contribution is -2.25. The van der Waals surface area contributed by atoms with Crippen molar-refractivity contribution in [3.8, 4) is 5.88 Å². The Balaban J connectivity index is 1.54. The quantitative estimate of drug-likeness (QED) is 0.429. The normalized spacial score (nSPS) is 15.4. The zero-order valence-electron chi connectivity index (χ0n) is 16.1. The van der Waals surface area contributed by atoms with Crippen LogP contribution in [0.1, 0.15) is 83.2 Å². The second kappa shape index (κ2) is 12.4. The van der Waals surface area contributed by atoms with E-state index in [1.54, 1.807) is 0 Å². The molecule has 2 heterocycles. The van der Waals surface area contributed by atoms with Gasteiger partial charge in [0.25, 0.3) is 5.88 Å². The maximum absolute atomic E-state index is 5.92. The summed E-state index contributed by atoms with van der Waals surface area (Å²) in [5, 5.41) is 0. The number of aromatic nitrogens is 2. The Bertz CT molecular complexity index is 501. The van der Waals surface area contributed by atoms with Gasteiger partial charge in [-0.25, -0.2) is 0 Å². The fourth-order valence-electron chi connectivity index (χ4n) is 3.29. The minimum Gasteiger partial charge on any atom is -0.475 e. The third-order valence-electron chi connectivity index (χ3n) is 4.84. The van der Waals surface area contributed by atoms with Gasteiger partial charge in [-0.15, -0.1) is 4.37 Å². The van der Waals surface area contributed by atoms with E-state index in [4.69, 9.17) is 4.74 Å². The number of likely N-dealkylation sites (N-methyl/N-ethyl adjacent to an activating group) is 1. The van der Waals surface area contributed by atoms with Crippen LogP contribution in [-0.4, -0.2) is 40.4 Å². The van der Waals surface area contributed by atoms with E-state index in [9.17, 15) is 0 Å². The lowest BCUT2D eigenvalue weighted by Gasteiger charge is -2.22. The van der Waals surface area contributed by atoms with Gasteiger partial charge >= 0.3 is 0 Å². The highest BCUT2D eigenvalue weighted by molar-refractivity contribution is 6.99. The van der Waals surface area contributed by atoms with Crippen LogP contribution in [-0.2, 0) is 0 Å². The van der Waals surface area contributed by atoms with Gasteiger partial charge < -0.3 is 9.64 Å². The van der Waals surface area contributed by atoms with Crippen LogP contribution in [0.25, 0.3) is 5.57 Å². The molecule has 0 atom stereocenters. The van der Waals surface area contributed by atoms with Crippen LogP contribution in [0.15, 0.2) is 6.08 Å². The van der Waals surface area contributed by atoms with Crippen LogP contribution in [0.5, 0.6) is 5.88 Å². The molecule has 0 unspecified atom stereocenters. The Morgan fingerprint density at radius 1 is 1.00 bits per heavy atom. The van der Waals surface area contributed by atoms with Crippen molar-refractivity contribution in [3.05, 3.63) is 11.8 Å². The van der Waals surface area contributed by atoms with Crippen molar-refractivity contribution in [2.75, 3.05) is 26.7 Å². The fraction of sp³-hybridized carbons (Fsp3) is 0.800. The summed E-state index contributed by atoms with van der Waals surface area (Å²) in [5.74, 6) is 0.738. The second-order valence-electron chi connectivity index (χ2n) is 7.20. The van der Waals surface area contributed by atoms with Gasteiger partial charge in [-0.2, -0.15) is 4.37 Å². The summed E-state index contributed by atoms with van der Waals surface area (Å²) in [6, 6.07) is 0. The van der Waals surface area contributed by atoms with Crippen molar-refractivity contribution in [2.45, 2.75) is 77.6 Å². The number of hydrogen-bond acceptors (Lipinski definition) is 5. The van der Waals surface area contributed by atoms with E-state index in [2.05, 4.69) is 33.7 Å². The first kappa shape index (κ1) is 20.4. The summed E-state index contributed by atoms with van der Waals surface area (Å²) in [6.07, 6.45) is 16.8. The summed E-state index contributed by atoms with van der Waals surface area (Å²) in [4.78, 5) is 2.32. The monoisotopic (exact) mass is 365 g/mol. The summed E-state index contributed by atoms with van der Waals surface area (Å²) in [7, 11) is 2.15. The Morgan fingerprint density at radius 3 is 2.36 bits per heavy atom. The van der Waals surface area contributed by atoms with Crippen molar-refractivity contribution in [1.82, 2.24) is 13.6 Å². The molecular weight excluding hydrogens is 330 g/mol. The van der Waals surface area contributed by atoms with Crippen molar-refractivity contribution >= 4 is 17.3 Å². The number of ether oxygens (including phenoxy) is 1. The summed E-state index contributed by atoms with van der Waals surface area (Å²) < 4.78 is 14.7. The van der Waals surface area contributed by atoms with Crippen LogP contribution in [0.4, 0.5) is 0 Å². The molecule has 1 aliphatic rings. The molecule has 5 heteroatoms. The minimum atomic E-state index is 0.738. The Hall–Kier alpha value is -0.940. The van der Waals surface area contributed by atoms with E-state index >= 15 is 0 Å². The zero-order chi connectivity index (χ0) is 17.7. The van der Waals surface area contributed by atoms with Gasteiger partial charge in [-0.3, -0.25) is 0 Å². The van der Waals surface area contributed by atoms with E-state index in [-0.39, 0.29) is 0 Å². The topological polar surface area (TPSA) is 38.3 Å². The molecule has 2 rings (SSSR count). The first-order chi connectivity index (χ1) is 12.3. The van der Waals surface area contributed by atoms with Crippen LogP contribution < -0.4 is 4.74 Å². The zero-order valence-corrected chi connectivity index (χ0v) is 17.0. The van der Waals surface area contributed by atoms with Crippen molar-refractivity contribution in [1.29, 1.82) is 0 Å². The third kappa shape index (κ3) is 7.87. The Labute approximate surface area is 158 Å². The van der Waals surface area contributed by atoms with Gasteiger partial charge in [0, 0.05) is 13.1 Å². The molecule has 0 saturated heterocycles. The molecule has 1 aromatic rings. The fourth-order valence-corrected chi connectivity index (χ4v) is 3.83. The molecule has 0 N–H and O–H groups in total. The van der Waals surface area contributed by atoms with E-state index in [1.807, 2.05) is 0 Å². The number of rotatable bonds is 13. The maximum atomic E-state index is 5.92. The largest absolute Gasteiger partial charge is 0.475 e. The molecule has 0 amide bonds. The van der Waals surface area contributed by atoms with Crippen molar-refractivity contribution < 1.29 is 4.74 Å². The van der Waals surface area contributed by atoms with Gasteiger partial charge in [-0.1, -0.05) is 70.8 Å². The van der Waals surface area contributed by atoms with Gasteiger partial charge in [0.2, 0.25) is 0 Å². The average molecular weight is 366 g/mol. The van der Waals surface area contributed by atoms with Crippen LogP contribution in [0.3, 0.4) is 0 Å². The van der Waals surface area contributed by atoms with Crippen molar-refractivity contribution in [3.63, 3.8) is 0 Å². The number of hydrogen-bond donors (Lipinski definition) is 0. The van der Waals surface area contributed by atoms with Gasteiger partial charge in [0.1, 0.15) is 5.69 Å². The molecule has 25 heavy (non-hydrogen) atoms. The second-order valence-corrected chi connectivity index (χ2v) is 7.73. The predicted molar refractivity (Wildman–Crippen MR) is 107 cm³/mol. The first-order valence-corrected chi connectivity index (χ1v) is 10.9. The SMILES string of the molecule is CCCCCCCCCCCCOc1nsnc1C1=CCCN(C)C1. The number of nitrogens with zero attached hydrogens (tertiary/aromatic N) is 3. The summed E-state index contributed by atoms with van der Waals surface area (Å²) >= 11 is 1.26. The number of unbranched alkanes of at least 4 members (excludes halogenated alkanes) is 9. The lowest BCUT2D eigenvalue weighted by molar-refractivity contribution is 0.294. The van der Waals surface area contributed by atoms with Gasteiger partial charge in [-0.05, 0) is 25.5 Å². The average Bonchev–Trinajstić information content (AvgIpc) is 3.08. The highest BCUT2D eigenvalue weighted by atomic mass is 32.1. The molecule has 0 aromatic carbocycles. The van der Waals surface area contributed by atoms with E-state index in [0.29, 0.717) is 0 Å². The third-order valence-corrected chi connectivity index (χ3v) is 5.35. The molecule has 0 aliphatic carbocycles. The van der Waals surface area contributed by atoms with Crippen LogP contribution in [0, 0.1) is 0 Å². The molecule has 0 spiro atoms. The van der Waals surface area contributed by atoms with Gasteiger partial charge in [0.05, 0.1) is 18.3 Å². The van der Waals surface area contributed by atoms with E-state index < -0.39 is 0 Å². The molecule has 0 saturated carbocycles. The Kier molecular flexibility index (Phi) is 10.1. The molecule has 4 nitrogen and oxygen atoms in total. The molecule has 0 fully saturated rings. The minimum absolute atomic E-state index is 0.738. The van der Waals surface area contributed by atoms with E-state index in [0.717, 1.165) is 44.1 Å². The molecule has 0 bridgehead atoms. The smallest absolute Gasteiger partial charge is 0.253 e. The first-order valence-electron chi connectivity index (χ1n) is 10.1. The molecule has 1 aromatic heterocycles. The summed E-state index contributed by atoms with van der Waals surface area (Å²) in [6.45, 7) is 5.10. The van der Waals surface area contributed by atoms with Gasteiger partial charge in [0.15, 0.2) is 0 Å². The predicted octanol–water partition coefficient (Wildman–Crippen LogP) is 5.56. The summed E-state index contributed by atoms with van der Waals surface area (Å²) in [5.41, 5.74) is 2.23. The standard InChI is InChI=1S/C20H35N3OS/c1-3-4-5-6-7-8-9-10-11-12-16-24-20-19(21-25-22-20)18-14-13-15-23(2)17-18/h14H,3-13,15-17H2,1-2H3. The molecule has 0 radical (unpaired) electrons. The Morgan fingerprint density at radius 2 is 1.68 bits per heavy atom. The van der Waals surface area contributed by atoms with Crippen LogP contribution >= 0.6 is 11.7 Å². The highest BCUT2D eigenvalue weighted by Crippen LogP contribution is 2.27. The maximum Gasteiger partial charge on any atom is 0.253 e. The lowest BCUT2D eigenvalue weighted by atomic mass is 10.1. The van der Waals surface area contributed by atoms with E-state index in [1.165, 1.54) is 75.1 Å². The molecular formula is C20H35N3OS. The van der Waals surface area contributed by atoms with Crippen LogP contribution in [0.2, 0.25) is 0 Å².